The lowest BCUT2D eigenvalue weighted by Gasteiger charge is -2.37. The van der Waals surface area contributed by atoms with Crippen molar-refractivity contribution < 1.29 is 9.53 Å². The SMILES string of the molecule is O=C(C1NNC2CCCCC21)N1CCN(CCOc2ccccc2)CC1. The van der Waals surface area contributed by atoms with Crippen LogP contribution in [0.2, 0.25) is 0 Å². The monoisotopic (exact) mass is 358 g/mol. The second-order valence-electron chi connectivity index (χ2n) is 7.65. The van der Waals surface area contributed by atoms with Crippen LogP contribution in [0.25, 0.3) is 0 Å². The summed E-state index contributed by atoms with van der Waals surface area (Å²) in [6.07, 6.45) is 4.89. The van der Waals surface area contributed by atoms with E-state index in [4.69, 9.17) is 4.74 Å². The highest BCUT2D eigenvalue weighted by Crippen LogP contribution is 2.31. The van der Waals surface area contributed by atoms with Crippen molar-refractivity contribution in [2.24, 2.45) is 5.92 Å². The summed E-state index contributed by atoms with van der Waals surface area (Å²) in [6, 6.07) is 10.4. The molecule has 0 bridgehead atoms. The van der Waals surface area contributed by atoms with E-state index in [1.54, 1.807) is 0 Å². The maximum atomic E-state index is 12.9. The molecule has 0 spiro atoms. The summed E-state index contributed by atoms with van der Waals surface area (Å²) in [5.74, 6) is 1.67. The van der Waals surface area contributed by atoms with Gasteiger partial charge in [-0.15, -0.1) is 0 Å². The number of fused-ring (bicyclic) bond motifs is 1. The first-order valence-electron chi connectivity index (χ1n) is 10.0. The van der Waals surface area contributed by atoms with Gasteiger partial charge in [-0.25, -0.2) is 5.43 Å². The van der Waals surface area contributed by atoms with E-state index in [0.29, 0.717) is 18.6 Å². The third-order valence-electron chi connectivity index (χ3n) is 6.04. The Hall–Kier alpha value is -1.63. The van der Waals surface area contributed by atoms with Crippen LogP contribution in [0.1, 0.15) is 25.7 Å². The van der Waals surface area contributed by atoms with E-state index < -0.39 is 0 Å². The van der Waals surface area contributed by atoms with Gasteiger partial charge in [0.2, 0.25) is 5.91 Å². The highest BCUT2D eigenvalue weighted by Gasteiger charge is 2.42. The molecule has 6 nitrogen and oxygen atoms in total. The fourth-order valence-corrected chi connectivity index (χ4v) is 4.48. The van der Waals surface area contributed by atoms with Crippen molar-refractivity contribution in [3.8, 4) is 5.75 Å². The molecule has 1 aromatic rings. The van der Waals surface area contributed by atoms with Crippen LogP contribution in [0.4, 0.5) is 0 Å². The molecule has 2 N–H and O–H groups in total. The zero-order valence-corrected chi connectivity index (χ0v) is 15.4. The van der Waals surface area contributed by atoms with Crippen LogP contribution in [0, 0.1) is 5.92 Å². The zero-order chi connectivity index (χ0) is 17.8. The Labute approximate surface area is 155 Å². The molecule has 1 saturated carbocycles. The van der Waals surface area contributed by atoms with Gasteiger partial charge >= 0.3 is 0 Å². The van der Waals surface area contributed by atoms with Crippen LogP contribution >= 0.6 is 0 Å². The average Bonchev–Trinajstić information content (AvgIpc) is 3.13. The molecule has 1 aliphatic carbocycles. The topological polar surface area (TPSA) is 56.8 Å². The summed E-state index contributed by atoms with van der Waals surface area (Å²) in [6.45, 7) is 5.09. The number of piperazine rings is 1. The molecule has 0 aromatic heterocycles. The summed E-state index contributed by atoms with van der Waals surface area (Å²) in [7, 11) is 0. The number of hydrazine groups is 1. The maximum Gasteiger partial charge on any atom is 0.241 e. The number of para-hydroxylation sites is 1. The highest BCUT2D eigenvalue weighted by atomic mass is 16.5. The molecule has 3 aliphatic rings. The molecule has 1 aromatic carbocycles. The third kappa shape index (κ3) is 4.03. The quantitative estimate of drug-likeness (QED) is 0.830. The van der Waals surface area contributed by atoms with Gasteiger partial charge in [0.05, 0.1) is 0 Å². The van der Waals surface area contributed by atoms with Crippen molar-refractivity contribution >= 4 is 5.91 Å². The van der Waals surface area contributed by atoms with Crippen molar-refractivity contribution in [2.75, 3.05) is 39.3 Å². The molecule has 2 saturated heterocycles. The zero-order valence-electron chi connectivity index (χ0n) is 15.4. The summed E-state index contributed by atoms with van der Waals surface area (Å²) in [4.78, 5) is 17.4. The van der Waals surface area contributed by atoms with Crippen LogP contribution < -0.4 is 15.6 Å². The first-order valence-corrected chi connectivity index (χ1v) is 10.0. The van der Waals surface area contributed by atoms with E-state index in [2.05, 4.69) is 15.8 Å². The Bertz CT molecular complexity index is 589. The fraction of sp³-hybridized carbons (Fsp3) is 0.650. The van der Waals surface area contributed by atoms with Crippen LogP contribution in [-0.2, 0) is 4.79 Å². The van der Waals surface area contributed by atoms with Crippen molar-refractivity contribution in [1.82, 2.24) is 20.7 Å². The molecule has 0 radical (unpaired) electrons. The van der Waals surface area contributed by atoms with Crippen molar-refractivity contribution in [3.05, 3.63) is 30.3 Å². The standard InChI is InChI=1S/C20H30N4O2/c25-20(19-17-8-4-5-9-18(17)21-22-19)24-12-10-23(11-13-24)14-15-26-16-6-2-1-3-7-16/h1-3,6-7,17-19,21-22H,4-5,8-15H2. The third-order valence-corrected chi connectivity index (χ3v) is 6.04. The van der Waals surface area contributed by atoms with Crippen LogP contribution in [0.3, 0.4) is 0 Å². The molecule has 3 fully saturated rings. The fourth-order valence-electron chi connectivity index (χ4n) is 4.48. The number of carbonyl (C=O) groups excluding carboxylic acids is 1. The summed E-state index contributed by atoms with van der Waals surface area (Å²) >= 11 is 0. The molecule has 6 heteroatoms. The van der Waals surface area contributed by atoms with Crippen molar-refractivity contribution in [1.29, 1.82) is 0 Å². The highest BCUT2D eigenvalue weighted by molar-refractivity contribution is 5.82. The summed E-state index contributed by atoms with van der Waals surface area (Å²) in [5, 5.41) is 0. The molecule has 142 valence electrons. The summed E-state index contributed by atoms with van der Waals surface area (Å²) in [5.41, 5.74) is 6.64. The Balaban J connectivity index is 1.20. The van der Waals surface area contributed by atoms with Crippen LogP contribution in [-0.4, -0.2) is 67.1 Å². The van der Waals surface area contributed by atoms with E-state index in [-0.39, 0.29) is 11.9 Å². The predicted molar refractivity (Wildman–Crippen MR) is 101 cm³/mol. The number of rotatable bonds is 5. The van der Waals surface area contributed by atoms with Gasteiger partial charge in [-0.3, -0.25) is 15.1 Å². The Morgan fingerprint density at radius 1 is 1.04 bits per heavy atom. The molecule has 1 amide bonds. The molecular weight excluding hydrogens is 328 g/mol. The number of hydrogen-bond acceptors (Lipinski definition) is 5. The summed E-state index contributed by atoms with van der Waals surface area (Å²) < 4.78 is 5.78. The lowest BCUT2D eigenvalue weighted by molar-refractivity contribution is -0.136. The number of amides is 1. The van der Waals surface area contributed by atoms with E-state index >= 15 is 0 Å². The van der Waals surface area contributed by atoms with Gasteiger partial charge in [-0.1, -0.05) is 31.0 Å². The average molecular weight is 358 g/mol. The Kier molecular flexibility index (Phi) is 5.72. The second-order valence-corrected chi connectivity index (χ2v) is 7.65. The molecular formula is C20H30N4O2. The number of carbonyl (C=O) groups is 1. The van der Waals surface area contributed by atoms with Crippen molar-refractivity contribution in [2.45, 2.75) is 37.8 Å². The minimum atomic E-state index is -0.0340. The first kappa shape index (κ1) is 17.8. The second kappa shape index (κ2) is 8.37. The van der Waals surface area contributed by atoms with Crippen LogP contribution in [0.15, 0.2) is 30.3 Å². The Morgan fingerprint density at radius 2 is 1.81 bits per heavy atom. The number of ether oxygens (including phenoxy) is 1. The maximum absolute atomic E-state index is 12.9. The minimum absolute atomic E-state index is 0.0340. The van der Waals surface area contributed by atoms with E-state index in [0.717, 1.165) is 44.9 Å². The Morgan fingerprint density at radius 3 is 2.62 bits per heavy atom. The molecule has 3 unspecified atom stereocenters. The molecule has 2 heterocycles. The van der Waals surface area contributed by atoms with Gasteiger partial charge in [0.15, 0.2) is 0 Å². The van der Waals surface area contributed by atoms with Crippen LogP contribution in [0.5, 0.6) is 5.75 Å². The lowest BCUT2D eigenvalue weighted by Crippen LogP contribution is -2.55. The van der Waals surface area contributed by atoms with Gasteiger partial charge in [0, 0.05) is 44.7 Å². The van der Waals surface area contributed by atoms with Gasteiger partial charge in [0.25, 0.3) is 0 Å². The van der Waals surface area contributed by atoms with E-state index in [1.165, 1.54) is 19.3 Å². The predicted octanol–water partition coefficient (Wildman–Crippen LogP) is 1.24. The molecule has 26 heavy (non-hydrogen) atoms. The number of nitrogens with one attached hydrogen (secondary N) is 2. The number of hydrogen-bond donors (Lipinski definition) is 2. The lowest BCUT2D eigenvalue weighted by atomic mass is 9.81. The normalized spacial score (nSPS) is 29.4. The first-order chi connectivity index (χ1) is 12.8. The van der Waals surface area contributed by atoms with Gasteiger partial charge in [0.1, 0.15) is 18.4 Å². The smallest absolute Gasteiger partial charge is 0.241 e. The molecule has 2 aliphatic heterocycles. The molecule has 4 rings (SSSR count). The van der Waals surface area contributed by atoms with Gasteiger partial charge in [-0.05, 0) is 25.0 Å². The molecule has 3 atom stereocenters. The van der Waals surface area contributed by atoms with E-state index in [9.17, 15) is 4.79 Å². The number of nitrogens with zero attached hydrogens (tertiary/aromatic N) is 2. The number of benzene rings is 1. The van der Waals surface area contributed by atoms with Gasteiger partial charge in [-0.2, -0.15) is 0 Å². The van der Waals surface area contributed by atoms with E-state index in [1.807, 2.05) is 35.2 Å². The minimum Gasteiger partial charge on any atom is -0.492 e. The van der Waals surface area contributed by atoms with Crippen molar-refractivity contribution in [3.63, 3.8) is 0 Å². The van der Waals surface area contributed by atoms with Gasteiger partial charge < -0.3 is 9.64 Å². The largest absolute Gasteiger partial charge is 0.492 e.